The van der Waals surface area contributed by atoms with Gasteiger partial charge in [-0.2, -0.15) is 0 Å². The van der Waals surface area contributed by atoms with Gasteiger partial charge in [0.05, 0.1) is 0 Å². The molecule has 1 saturated heterocycles. The number of H-pyrrole nitrogens is 1. The maximum atomic E-state index is 13.4. The van der Waals surface area contributed by atoms with Crippen LogP contribution in [0.25, 0.3) is 10.9 Å². The molecule has 4 rings (SSSR count). The number of carbonyl (C=O) groups is 2. The zero-order valence-electron chi connectivity index (χ0n) is 18.3. The Hall–Kier alpha value is -3.26. The fourth-order valence-electron chi connectivity index (χ4n) is 4.50. The van der Waals surface area contributed by atoms with Crippen LogP contribution in [-0.2, 0) is 22.4 Å². The third kappa shape index (κ3) is 5.39. The van der Waals surface area contributed by atoms with Crippen molar-refractivity contribution in [1.82, 2.24) is 15.2 Å². The molecule has 2 heterocycles. The molecule has 1 fully saturated rings. The summed E-state index contributed by atoms with van der Waals surface area (Å²) in [5, 5.41) is 4.10. The van der Waals surface area contributed by atoms with Gasteiger partial charge in [-0.15, -0.1) is 0 Å². The Kier molecular flexibility index (Phi) is 7.03. The zero-order valence-corrected chi connectivity index (χ0v) is 18.3. The molecule has 1 aromatic heterocycles. The highest BCUT2D eigenvalue weighted by atomic mass is 19.2. The zero-order chi connectivity index (χ0) is 23.4. The molecule has 1 aliphatic heterocycles. The molecule has 0 spiro atoms. The summed E-state index contributed by atoms with van der Waals surface area (Å²) in [4.78, 5) is 30.4. The molecule has 3 aromatic rings. The number of hydrogen-bond acceptors (Lipinski definition) is 3. The van der Waals surface area contributed by atoms with E-state index in [0.717, 1.165) is 35.0 Å². The van der Waals surface area contributed by atoms with E-state index in [1.54, 1.807) is 4.90 Å². The van der Waals surface area contributed by atoms with E-state index in [4.69, 9.17) is 5.73 Å². The van der Waals surface area contributed by atoms with Crippen LogP contribution in [0, 0.1) is 11.6 Å². The Morgan fingerprint density at radius 3 is 2.82 bits per heavy atom. The van der Waals surface area contributed by atoms with E-state index in [2.05, 4.69) is 10.3 Å². The summed E-state index contributed by atoms with van der Waals surface area (Å²) in [6.45, 7) is 0.992. The maximum absolute atomic E-state index is 13.4. The monoisotopic (exact) mass is 454 g/mol. The summed E-state index contributed by atoms with van der Waals surface area (Å²) in [6, 6.07) is 10.6. The summed E-state index contributed by atoms with van der Waals surface area (Å²) in [6.07, 6.45) is 4.30. The number of likely N-dealkylation sites (tertiary alicyclic amines) is 1. The van der Waals surface area contributed by atoms with E-state index in [1.807, 2.05) is 30.5 Å². The molecule has 0 aliphatic carbocycles. The number of aromatic amines is 1. The lowest BCUT2D eigenvalue weighted by atomic mass is 10.0. The molecule has 4 N–H and O–H groups in total. The van der Waals surface area contributed by atoms with E-state index in [1.165, 1.54) is 6.07 Å². The third-order valence-corrected chi connectivity index (χ3v) is 6.16. The molecule has 174 valence electrons. The lowest BCUT2D eigenvalue weighted by molar-refractivity contribution is -0.138. The number of aromatic nitrogens is 1. The molecule has 2 atom stereocenters. The van der Waals surface area contributed by atoms with E-state index >= 15 is 0 Å². The number of hydrogen-bond donors (Lipinski definition) is 3. The van der Waals surface area contributed by atoms with Crippen LogP contribution >= 0.6 is 0 Å². The Morgan fingerprint density at radius 2 is 2.00 bits per heavy atom. The lowest BCUT2D eigenvalue weighted by Gasteiger charge is -2.25. The molecule has 8 heteroatoms. The number of halogens is 2. The normalized spacial score (nSPS) is 16.8. The van der Waals surface area contributed by atoms with Crippen LogP contribution in [0.4, 0.5) is 8.78 Å². The van der Waals surface area contributed by atoms with Gasteiger partial charge in [-0.25, -0.2) is 8.78 Å². The number of nitrogens with one attached hydrogen (secondary N) is 2. The van der Waals surface area contributed by atoms with Crippen molar-refractivity contribution in [3.05, 3.63) is 71.4 Å². The van der Waals surface area contributed by atoms with E-state index < -0.39 is 23.7 Å². The van der Waals surface area contributed by atoms with Crippen LogP contribution in [-0.4, -0.2) is 46.9 Å². The van der Waals surface area contributed by atoms with Gasteiger partial charge in [-0.3, -0.25) is 9.59 Å². The van der Waals surface area contributed by atoms with E-state index in [0.29, 0.717) is 31.5 Å². The first-order valence-corrected chi connectivity index (χ1v) is 11.2. The van der Waals surface area contributed by atoms with Gasteiger partial charge < -0.3 is 20.9 Å². The minimum Gasteiger partial charge on any atom is -0.361 e. The minimum atomic E-state index is -0.935. The molecule has 0 unspecified atom stereocenters. The SMILES string of the molecule is N[C@@H](CC(=O)N1CCC[C@H]1C(=O)NCCc1c[nH]c2ccccc12)Cc1ccc(F)c(F)c1. The van der Waals surface area contributed by atoms with E-state index in [-0.39, 0.29) is 24.7 Å². The second-order valence-electron chi connectivity index (χ2n) is 8.56. The number of carbonyl (C=O) groups excluding carboxylic acids is 2. The van der Waals surface area contributed by atoms with Crippen molar-refractivity contribution in [2.45, 2.75) is 44.2 Å². The van der Waals surface area contributed by atoms with E-state index in [9.17, 15) is 18.4 Å². The van der Waals surface area contributed by atoms with Gasteiger partial charge in [0.2, 0.25) is 11.8 Å². The topological polar surface area (TPSA) is 91.2 Å². The predicted molar refractivity (Wildman–Crippen MR) is 122 cm³/mol. The second-order valence-corrected chi connectivity index (χ2v) is 8.56. The highest BCUT2D eigenvalue weighted by Crippen LogP contribution is 2.21. The van der Waals surface area contributed by atoms with Crippen LogP contribution in [0.2, 0.25) is 0 Å². The van der Waals surface area contributed by atoms with Crippen molar-refractivity contribution in [3.8, 4) is 0 Å². The molecule has 1 aliphatic rings. The Labute approximate surface area is 191 Å². The molecule has 2 aromatic carbocycles. The first kappa shape index (κ1) is 22.9. The number of fused-ring (bicyclic) bond motifs is 1. The van der Waals surface area contributed by atoms with Gasteiger partial charge in [-0.1, -0.05) is 24.3 Å². The smallest absolute Gasteiger partial charge is 0.242 e. The highest BCUT2D eigenvalue weighted by molar-refractivity contribution is 5.88. The maximum Gasteiger partial charge on any atom is 0.242 e. The first-order chi connectivity index (χ1) is 15.9. The second kappa shape index (κ2) is 10.1. The van der Waals surface area contributed by atoms with Gasteiger partial charge in [0.25, 0.3) is 0 Å². The number of amides is 2. The molecule has 6 nitrogen and oxygen atoms in total. The number of nitrogens with zero attached hydrogens (tertiary/aromatic N) is 1. The van der Waals surface area contributed by atoms with Gasteiger partial charge >= 0.3 is 0 Å². The molecule has 0 radical (unpaired) electrons. The summed E-state index contributed by atoms with van der Waals surface area (Å²) >= 11 is 0. The van der Waals surface area contributed by atoms with Crippen LogP contribution in [0.15, 0.2) is 48.7 Å². The van der Waals surface area contributed by atoms with Crippen molar-refractivity contribution in [2.24, 2.45) is 5.73 Å². The number of para-hydroxylation sites is 1. The predicted octanol–water partition coefficient (Wildman–Crippen LogP) is 3.06. The molecule has 33 heavy (non-hydrogen) atoms. The van der Waals surface area contributed by atoms with Crippen LogP contribution in [0.5, 0.6) is 0 Å². The molecule has 2 amide bonds. The first-order valence-electron chi connectivity index (χ1n) is 11.2. The average Bonchev–Trinajstić information content (AvgIpc) is 3.44. The Morgan fingerprint density at radius 1 is 1.18 bits per heavy atom. The Bertz CT molecular complexity index is 1150. The van der Waals surface area contributed by atoms with Crippen molar-refractivity contribution >= 4 is 22.7 Å². The van der Waals surface area contributed by atoms with Crippen molar-refractivity contribution in [3.63, 3.8) is 0 Å². The highest BCUT2D eigenvalue weighted by Gasteiger charge is 2.34. The number of benzene rings is 2. The van der Waals surface area contributed by atoms with Crippen LogP contribution < -0.4 is 11.1 Å². The lowest BCUT2D eigenvalue weighted by Crippen LogP contribution is -2.47. The van der Waals surface area contributed by atoms with Crippen LogP contribution in [0.3, 0.4) is 0 Å². The van der Waals surface area contributed by atoms with Gasteiger partial charge in [0, 0.05) is 42.7 Å². The molecule has 0 bridgehead atoms. The van der Waals surface area contributed by atoms with Crippen molar-refractivity contribution in [1.29, 1.82) is 0 Å². The molecular weight excluding hydrogens is 426 g/mol. The fourth-order valence-corrected chi connectivity index (χ4v) is 4.50. The van der Waals surface area contributed by atoms with Crippen molar-refractivity contribution < 1.29 is 18.4 Å². The van der Waals surface area contributed by atoms with Gasteiger partial charge in [0.1, 0.15) is 6.04 Å². The fraction of sp³-hybridized carbons (Fsp3) is 0.360. The summed E-state index contributed by atoms with van der Waals surface area (Å²) in [7, 11) is 0. The largest absolute Gasteiger partial charge is 0.361 e. The van der Waals surface area contributed by atoms with Gasteiger partial charge in [0.15, 0.2) is 11.6 Å². The summed E-state index contributed by atoms with van der Waals surface area (Å²) in [5.41, 5.74) is 8.82. The summed E-state index contributed by atoms with van der Waals surface area (Å²) < 4.78 is 26.5. The van der Waals surface area contributed by atoms with Gasteiger partial charge in [-0.05, 0) is 55.0 Å². The average molecular weight is 455 g/mol. The standard InChI is InChI=1S/C25H28F2N4O2/c26-20-8-7-16(13-21(20)27)12-18(28)14-24(32)31-11-3-6-23(31)25(33)29-10-9-17-15-30-22-5-2-1-4-19(17)22/h1-2,4-5,7-8,13,15,18,23,30H,3,6,9-12,14,28H2,(H,29,33)/t18-,23+/m1/s1. The third-order valence-electron chi connectivity index (χ3n) is 6.16. The number of nitrogens with two attached hydrogens (primary N) is 1. The molecule has 0 saturated carbocycles. The van der Waals surface area contributed by atoms with Crippen LogP contribution in [0.1, 0.15) is 30.4 Å². The minimum absolute atomic E-state index is 0.0398. The molecular formula is C25H28F2N4O2. The Balaban J connectivity index is 1.28. The quantitative estimate of drug-likeness (QED) is 0.489. The number of rotatable bonds is 8. The summed E-state index contributed by atoms with van der Waals surface area (Å²) in [5.74, 6) is -2.21. The van der Waals surface area contributed by atoms with Crippen molar-refractivity contribution in [2.75, 3.05) is 13.1 Å².